The minimum atomic E-state index is -0.530. The summed E-state index contributed by atoms with van der Waals surface area (Å²) in [5.41, 5.74) is 5.38. The van der Waals surface area contributed by atoms with E-state index in [1.165, 1.54) is 17.5 Å². The van der Waals surface area contributed by atoms with E-state index in [1.54, 1.807) is 0 Å². The maximum absolute atomic E-state index is 11.8. The summed E-state index contributed by atoms with van der Waals surface area (Å²) in [6.07, 6.45) is 5.00. The number of carbonyl (C=O) groups is 1. The Balaban J connectivity index is 1.25. The molecule has 1 aromatic heterocycles. The molecule has 0 saturated heterocycles. The van der Waals surface area contributed by atoms with Gasteiger partial charge in [-0.2, -0.15) is 0 Å². The summed E-state index contributed by atoms with van der Waals surface area (Å²) in [5.74, 6) is 1.02. The van der Waals surface area contributed by atoms with Gasteiger partial charge >= 0.3 is 6.09 Å². The van der Waals surface area contributed by atoms with Crippen LogP contribution in [0.2, 0.25) is 0 Å². The molecule has 0 fully saturated rings. The average molecular weight is 481 g/mol. The first kappa shape index (κ1) is 24.9. The van der Waals surface area contributed by atoms with Crippen LogP contribution in [0.25, 0.3) is 22.5 Å². The fraction of sp³-hybridized carbons (Fsp3) is 0.233. The van der Waals surface area contributed by atoms with Crippen molar-refractivity contribution in [2.75, 3.05) is 6.54 Å². The lowest BCUT2D eigenvalue weighted by atomic mass is 10.0. The van der Waals surface area contributed by atoms with Gasteiger partial charge in [-0.3, -0.25) is 4.84 Å². The molecule has 0 bridgehead atoms. The predicted molar refractivity (Wildman–Crippen MR) is 145 cm³/mol. The quantitative estimate of drug-likeness (QED) is 0.110. The zero-order chi connectivity index (χ0) is 25.0. The first-order chi connectivity index (χ1) is 17.7. The van der Waals surface area contributed by atoms with E-state index < -0.39 is 6.09 Å². The molecule has 0 aliphatic carbocycles. The van der Waals surface area contributed by atoms with E-state index in [9.17, 15) is 4.79 Å². The Hall–Kier alpha value is -4.19. The summed E-state index contributed by atoms with van der Waals surface area (Å²) in [7, 11) is 0. The molecule has 3 aromatic carbocycles. The van der Waals surface area contributed by atoms with Crippen LogP contribution >= 0.6 is 0 Å². The average Bonchev–Trinajstić information content (AvgIpc) is 3.25. The summed E-state index contributed by atoms with van der Waals surface area (Å²) in [6, 6.07) is 30.4. The van der Waals surface area contributed by atoms with Crippen molar-refractivity contribution in [3.05, 3.63) is 102 Å². The van der Waals surface area contributed by atoms with Crippen LogP contribution in [0.4, 0.5) is 4.79 Å². The fourth-order valence-electron chi connectivity index (χ4n) is 4.17. The number of hydrogen-bond acceptors (Lipinski definition) is 4. The predicted octanol–water partition coefficient (Wildman–Crippen LogP) is 6.85. The van der Waals surface area contributed by atoms with Gasteiger partial charge in [0.1, 0.15) is 5.82 Å². The number of amides is 1. The van der Waals surface area contributed by atoms with E-state index in [2.05, 4.69) is 70.5 Å². The molecule has 36 heavy (non-hydrogen) atoms. The molecule has 0 atom stereocenters. The Bertz CT molecular complexity index is 1250. The van der Waals surface area contributed by atoms with Crippen LogP contribution in [-0.2, 0) is 11.4 Å². The number of imidazole rings is 1. The summed E-state index contributed by atoms with van der Waals surface area (Å²) in [5, 5.41) is 6.47. The minimum absolute atomic E-state index is 0.530. The second-order valence-corrected chi connectivity index (χ2v) is 8.60. The molecule has 0 saturated carbocycles. The molecule has 0 spiro atoms. The minimum Gasteiger partial charge on any atom is -0.328 e. The van der Waals surface area contributed by atoms with Gasteiger partial charge in [0.25, 0.3) is 0 Å². The monoisotopic (exact) mass is 480 g/mol. The Labute approximate surface area is 212 Å². The molecule has 4 aromatic rings. The number of carbonyl (C=O) groups excluding carboxylic acids is 1. The molecular formula is C30H32N4O2. The third kappa shape index (κ3) is 6.92. The van der Waals surface area contributed by atoms with Gasteiger partial charge in [0.05, 0.1) is 17.6 Å². The van der Waals surface area contributed by atoms with Crippen LogP contribution in [0.1, 0.15) is 37.1 Å². The van der Waals surface area contributed by atoms with E-state index in [-0.39, 0.29) is 0 Å². The number of unbranched alkanes of at least 4 members (excludes halogenated alkanes) is 3. The number of rotatable bonds is 11. The van der Waals surface area contributed by atoms with Crippen molar-refractivity contribution >= 4 is 12.3 Å². The van der Waals surface area contributed by atoms with Crippen molar-refractivity contribution < 1.29 is 9.63 Å². The van der Waals surface area contributed by atoms with Gasteiger partial charge in [-0.1, -0.05) is 109 Å². The molecule has 0 unspecified atom stereocenters. The lowest BCUT2D eigenvalue weighted by molar-refractivity contribution is 0.151. The van der Waals surface area contributed by atoms with Gasteiger partial charge < -0.3 is 9.88 Å². The van der Waals surface area contributed by atoms with Crippen molar-refractivity contribution in [3.63, 3.8) is 0 Å². The van der Waals surface area contributed by atoms with Crippen LogP contribution in [0.15, 0.2) is 96.2 Å². The Morgan fingerprint density at radius 3 is 2.17 bits per heavy atom. The molecule has 1 N–H and O–H groups in total. The van der Waals surface area contributed by atoms with Gasteiger partial charge in [-0.05, 0) is 25.3 Å². The molecule has 0 aliphatic rings. The normalized spacial score (nSPS) is 11.0. The van der Waals surface area contributed by atoms with Crippen molar-refractivity contribution in [2.45, 2.75) is 39.2 Å². The number of oxime groups is 1. The first-order valence-corrected chi connectivity index (χ1v) is 12.4. The molecule has 1 amide bonds. The third-order valence-corrected chi connectivity index (χ3v) is 5.97. The van der Waals surface area contributed by atoms with Gasteiger partial charge in [-0.15, -0.1) is 0 Å². The van der Waals surface area contributed by atoms with Gasteiger partial charge in [-0.25, -0.2) is 9.78 Å². The topological polar surface area (TPSA) is 68.5 Å². The number of nitrogens with zero attached hydrogens (tertiary/aromatic N) is 3. The van der Waals surface area contributed by atoms with Crippen molar-refractivity contribution in [1.29, 1.82) is 0 Å². The maximum Gasteiger partial charge on any atom is 0.433 e. The van der Waals surface area contributed by atoms with Crippen LogP contribution in [0.5, 0.6) is 0 Å². The SMILES string of the molecule is Cc1nc(-c2ccccc2)c(-c2ccccc2)n1CCCCCCNC(=O)ON=Cc1ccccc1. The lowest BCUT2D eigenvalue weighted by Crippen LogP contribution is -2.23. The van der Waals surface area contributed by atoms with E-state index in [1.807, 2.05) is 42.5 Å². The molecule has 4 rings (SSSR count). The zero-order valence-corrected chi connectivity index (χ0v) is 20.6. The highest BCUT2D eigenvalue weighted by Gasteiger charge is 2.17. The van der Waals surface area contributed by atoms with Gasteiger partial charge in [0.15, 0.2) is 0 Å². The molecule has 0 radical (unpaired) electrons. The van der Waals surface area contributed by atoms with Crippen LogP contribution in [0, 0.1) is 6.92 Å². The van der Waals surface area contributed by atoms with E-state index in [0.717, 1.165) is 54.9 Å². The Morgan fingerprint density at radius 1 is 0.861 bits per heavy atom. The molecule has 0 aliphatic heterocycles. The summed E-state index contributed by atoms with van der Waals surface area (Å²) < 4.78 is 2.33. The standard InChI is InChI=1S/C30H32N4O2/c1-24-33-28(26-17-9-5-10-18-26)29(27-19-11-6-12-20-27)34(24)22-14-3-2-13-21-31-30(35)36-32-23-25-15-7-4-8-16-25/h4-12,15-20,23H,2-3,13-14,21-22H2,1H3,(H,31,35). The largest absolute Gasteiger partial charge is 0.433 e. The van der Waals surface area contributed by atoms with Crippen molar-refractivity contribution in [3.8, 4) is 22.5 Å². The van der Waals surface area contributed by atoms with E-state index in [0.29, 0.717) is 6.54 Å². The van der Waals surface area contributed by atoms with E-state index >= 15 is 0 Å². The van der Waals surface area contributed by atoms with Gasteiger partial charge in [0, 0.05) is 24.2 Å². The summed E-state index contributed by atoms with van der Waals surface area (Å²) >= 11 is 0. The van der Waals surface area contributed by atoms with Crippen molar-refractivity contribution in [1.82, 2.24) is 14.9 Å². The zero-order valence-electron chi connectivity index (χ0n) is 20.6. The van der Waals surface area contributed by atoms with Crippen LogP contribution < -0.4 is 5.32 Å². The second-order valence-electron chi connectivity index (χ2n) is 8.60. The molecule has 184 valence electrons. The molecular weight excluding hydrogens is 448 g/mol. The first-order valence-electron chi connectivity index (χ1n) is 12.4. The number of nitrogens with one attached hydrogen (secondary N) is 1. The molecule has 6 heteroatoms. The maximum atomic E-state index is 11.8. The molecule has 6 nitrogen and oxygen atoms in total. The van der Waals surface area contributed by atoms with E-state index in [4.69, 9.17) is 9.82 Å². The second kappa shape index (κ2) is 13.0. The number of aromatic nitrogens is 2. The highest BCUT2D eigenvalue weighted by Crippen LogP contribution is 2.33. The fourth-order valence-corrected chi connectivity index (χ4v) is 4.17. The third-order valence-electron chi connectivity index (χ3n) is 5.97. The van der Waals surface area contributed by atoms with Crippen LogP contribution in [-0.4, -0.2) is 28.4 Å². The summed E-state index contributed by atoms with van der Waals surface area (Å²) in [6.45, 7) is 3.55. The smallest absolute Gasteiger partial charge is 0.328 e. The summed E-state index contributed by atoms with van der Waals surface area (Å²) in [4.78, 5) is 21.6. The van der Waals surface area contributed by atoms with Crippen molar-refractivity contribution in [2.24, 2.45) is 5.16 Å². The highest BCUT2D eigenvalue weighted by molar-refractivity contribution is 5.80. The highest BCUT2D eigenvalue weighted by atomic mass is 16.7. The Morgan fingerprint density at radius 2 is 1.47 bits per heavy atom. The number of benzene rings is 3. The van der Waals surface area contributed by atoms with Crippen LogP contribution in [0.3, 0.4) is 0 Å². The Kier molecular flexibility index (Phi) is 9.03. The van der Waals surface area contributed by atoms with Gasteiger partial charge in [0.2, 0.25) is 0 Å². The number of aryl methyl sites for hydroxylation is 1. The number of hydrogen-bond donors (Lipinski definition) is 1. The lowest BCUT2D eigenvalue weighted by Gasteiger charge is -2.12. The molecule has 1 heterocycles.